The number of benzene rings is 1. The second-order valence-corrected chi connectivity index (χ2v) is 8.70. The zero-order valence-corrected chi connectivity index (χ0v) is 17.0. The number of ketones is 1. The van der Waals surface area contributed by atoms with Gasteiger partial charge in [0, 0.05) is 47.1 Å². The molecule has 1 saturated carbocycles. The van der Waals surface area contributed by atoms with E-state index < -0.39 is 11.5 Å². The number of nitrogens with zero attached hydrogens (tertiary/aromatic N) is 2. The zero-order valence-electron chi connectivity index (χ0n) is 17.0. The number of amides is 1. The van der Waals surface area contributed by atoms with Crippen LogP contribution in [0.2, 0.25) is 0 Å². The number of Topliss-reactive ketones (excluding diaryl/α,β-unsaturated/α-hetero) is 1. The van der Waals surface area contributed by atoms with Crippen molar-refractivity contribution in [3.63, 3.8) is 0 Å². The first-order valence-corrected chi connectivity index (χ1v) is 10.7. The van der Waals surface area contributed by atoms with E-state index in [0.717, 1.165) is 36.6 Å². The summed E-state index contributed by atoms with van der Waals surface area (Å²) in [5, 5.41) is 21.4. The van der Waals surface area contributed by atoms with Gasteiger partial charge < -0.3 is 19.7 Å². The van der Waals surface area contributed by atoms with Crippen LogP contribution in [-0.2, 0) is 11.3 Å². The molecule has 1 amide bonds. The van der Waals surface area contributed by atoms with Crippen molar-refractivity contribution in [3.05, 3.63) is 36.0 Å². The van der Waals surface area contributed by atoms with Gasteiger partial charge in [0.15, 0.2) is 5.78 Å². The van der Waals surface area contributed by atoms with Gasteiger partial charge in [-0.1, -0.05) is 31.5 Å². The van der Waals surface area contributed by atoms with E-state index in [1.165, 1.54) is 0 Å². The van der Waals surface area contributed by atoms with Gasteiger partial charge in [-0.2, -0.15) is 0 Å². The normalized spacial score (nSPS) is 24.8. The standard InChI is InChI=1S/C23H30N2O4/c1-2-9-23(15-26)10-11-24(13-20(23)27)21(28)14-25-12-18(22(29)16-7-8-16)17-5-3-4-6-19(17)25/h3-6,12,16,20,26-27H,2,7-11,13-15H2,1H3/t20-,23+/m0/s1. The number of carbonyl (C=O) groups excluding carboxylic acids is 2. The smallest absolute Gasteiger partial charge is 0.242 e. The van der Waals surface area contributed by atoms with Gasteiger partial charge in [-0.3, -0.25) is 9.59 Å². The van der Waals surface area contributed by atoms with Crippen molar-refractivity contribution in [3.8, 4) is 0 Å². The van der Waals surface area contributed by atoms with Crippen LogP contribution in [-0.4, -0.2) is 57.2 Å². The maximum atomic E-state index is 13.0. The van der Waals surface area contributed by atoms with Crippen molar-refractivity contribution in [2.45, 2.75) is 51.7 Å². The van der Waals surface area contributed by atoms with E-state index in [1.54, 1.807) is 4.90 Å². The van der Waals surface area contributed by atoms with Crippen molar-refractivity contribution in [2.75, 3.05) is 19.7 Å². The van der Waals surface area contributed by atoms with Crippen LogP contribution in [0.1, 0.15) is 49.4 Å². The summed E-state index contributed by atoms with van der Waals surface area (Å²) in [6, 6.07) is 7.72. The highest BCUT2D eigenvalue weighted by Crippen LogP contribution is 2.37. The first-order valence-electron chi connectivity index (χ1n) is 10.7. The molecule has 4 rings (SSSR count). The Hall–Kier alpha value is -2.18. The number of fused-ring (bicyclic) bond motifs is 1. The van der Waals surface area contributed by atoms with Crippen LogP contribution in [0.5, 0.6) is 0 Å². The van der Waals surface area contributed by atoms with Crippen LogP contribution >= 0.6 is 0 Å². The molecule has 1 aromatic carbocycles. The van der Waals surface area contributed by atoms with Crippen molar-refractivity contribution < 1.29 is 19.8 Å². The molecule has 2 heterocycles. The van der Waals surface area contributed by atoms with Gasteiger partial charge in [0.2, 0.25) is 5.91 Å². The molecule has 1 aliphatic carbocycles. The molecule has 1 saturated heterocycles. The monoisotopic (exact) mass is 398 g/mol. The van der Waals surface area contributed by atoms with E-state index in [-0.39, 0.29) is 37.3 Å². The molecule has 0 radical (unpaired) electrons. The van der Waals surface area contributed by atoms with Crippen LogP contribution in [0.25, 0.3) is 10.9 Å². The highest BCUT2D eigenvalue weighted by Gasteiger charge is 2.42. The van der Waals surface area contributed by atoms with E-state index in [9.17, 15) is 19.8 Å². The zero-order chi connectivity index (χ0) is 20.6. The number of hydrogen-bond donors (Lipinski definition) is 2. The molecule has 1 aromatic heterocycles. The molecule has 156 valence electrons. The third-order valence-corrected chi connectivity index (χ3v) is 6.70. The predicted octanol–water partition coefficient (Wildman–Crippen LogP) is 2.61. The van der Waals surface area contributed by atoms with Crippen molar-refractivity contribution in [1.29, 1.82) is 0 Å². The Morgan fingerprint density at radius 2 is 2.00 bits per heavy atom. The Balaban J connectivity index is 1.52. The maximum Gasteiger partial charge on any atom is 0.242 e. The number of aliphatic hydroxyl groups is 2. The second kappa shape index (κ2) is 7.92. The van der Waals surface area contributed by atoms with E-state index in [0.29, 0.717) is 18.5 Å². The molecule has 6 heteroatoms. The van der Waals surface area contributed by atoms with Crippen LogP contribution in [0.4, 0.5) is 0 Å². The predicted molar refractivity (Wildman–Crippen MR) is 111 cm³/mol. The average Bonchev–Trinajstić information content (AvgIpc) is 3.52. The van der Waals surface area contributed by atoms with Crippen LogP contribution < -0.4 is 0 Å². The van der Waals surface area contributed by atoms with Gasteiger partial charge >= 0.3 is 0 Å². The summed E-state index contributed by atoms with van der Waals surface area (Å²) in [5.74, 6) is 0.235. The third-order valence-electron chi connectivity index (χ3n) is 6.70. The SMILES string of the molecule is CCC[C@]1(CO)CCN(C(=O)Cn2cc(C(=O)C3CC3)c3ccccc32)C[C@@H]1O. The van der Waals surface area contributed by atoms with Crippen molar-refractivity contribution in [2.24, 2.45) is 11.3 Å². The lowest BCUT2D eigenvalue weighted by molar-refractivity contribution is -0.142. The fourth-order valence-electron chi connectivity index (χ4n) is 4.68. The quantitative estimate of drug-likeness (QED) is 0.703. The van der Waals surface area contributed by atoms with Crippen molar-refractivity contribution in [1.82, 2.24) is 9.47 Å². The number of likely N-dealkylation sites (tertiary alicyclic amines) is 1. The molecular formula is C23H30N2O4. The first kappa shape index (κ1) is 20.1. The fourth-order valence-corrected chi connectivity index (χ4v) is 4.68. The molecule has 0 unspecified atom stereocenters. The minimum atomic E-state index is -0.724. The number of rotatable bonds is 7. The van der Waals surface area contributed by atoms with E-state index in [2.05, 4.69) is 0 Å². The van der Waals surface area contributed by atoms with Gasteiger partial charge in [-0.05, 0) is 31.7 Å². The summed E-state index contributed by atoms with van der Waals surface area (Å²) in [6.45, 7) is 2.90. The topological polar surface area (TPSA) is 82.8 Å². The van der Waals surface area contributed by atoms with Gasteiger partial charge in [0.1, 0.15) is 6.54 Å². The van der Waals surface area contributed by atoms with E-state index in [1.807, 2.05) is 42.0 Å². The van der Waals surface area contributed by atoms with E-state index >= 15 is 0 Å². The summed E-state index contributed by atoms with van der Waals surface area (Å²) in [5.41, 5.74) is 1.09. The maximum absolute atomic E-state index is 13.0. The molecule has 0 spiro atoms. The van der Waals surface area contributed by atoms with Crippen LogP contribution in [0, 0.1) is 11.3 Å². The lowest BCUT2D eigenvalue weighted by atomic mass is 9.73. The summed E-state index contributed by atoms with van der Waals surface area (Å²) in [7, 11) is 0. The van der Waals surface area contributed by atoms with Gasteiger partial charge in [0.05, 0.1) is 12.7 Å². The largest absolute Gasteiger partial charge is 0.396 e. The van der Waals surface area contributed by atoms with Gasteiger partial charge in [-0.15, -0.1) is 0 Å². The number of hydrogen-bond acceptors (Lipinski definition) is 4. The second-order valence-electron chi connectivity index (χ2n) is 8.70. The van der Waals surface area contributed by atoms with Gasteiger partial charge in [-0.25, -0.2) is 0 Å². The Kier molecular flexibility index (Phi) is 5.49. The Bertz CT molecular complexity index is 917. The highest BCUT2D eigenvalue weighted by atomic mass is 16.3. The highest BCUT2D eigenvalue weighted by molar-refractivity contribution is 6.10. The first-order chi connectivity index (χ1) is 14.0. The molecule has 2 aliphatic rings. The number of aliphatic hydroxyl groups excluding tert-OH is 2. The number of aromatic nitrogens is 1. The van der Waals surface area contributed by atoms with Crippen LogP contribution in [0.15, 0.2) is 30.5 Å². The number of carbonyl (C=O) groups is 2. The third kappa shape index (κ3) is 3.71. The van der Waals surface area contributed by atoms with E-state index in [4.69, 9.17) is 0 Å². The Labute approximate surface area is 171 Å². The summed E-state index contributed by atoms with van der Waals surface area (Å²) >= 11 is 0. The fraction of sp³-hybridized carbons (Fsp3) is 0.565. The minimum absolute atomic E-state index is 0.0566. The molecule has 2 N–H and O–H groups in total. The lowest BCUT2D eigenvalue weighted by Crippen LogP contribution is -2.54. The molecule has 2 aromatic rings. The summed E-state index contributed by atoms with van der Waals surface area (Å²) in [6.07, 6.45) is 5.24. The molecule has 2 fully saturated rings. The molecule has 2 atom stereocenters. The molecular weight excluding hydrogens is 368 g/mol. The average molecular weight is 399 g/mol. The number of para-hydroxylation sites is 1. The molecule has 1 aliphatic heterocycles. The summed E-state index contributed by atoms with van der Waals surface area (Å²) < 4.78 is 1.86. The summed E-state index contributed by atoms with van der Waals surface area (Å²) in [4.78, 5) is 27.3. The lowest BCUT2D eigenvalue weighted by Gasteiger charge is -2.44. The minimum Gasteiger partial charge on any atom is -0.396 e. The molecule has 6 nitrogen and oxygen atoms in total. The number of β-amino-alcohol motifs (C(OH)–C–C–N with tert-alkyl or cyclic N) is 1. The number of piperidine rings is 1. The van der Waals surface area contributed by atoms with Gasteiger partial charge in [0.25, 0.3) is 0 Å². The molecule has 29 heavy (non-hydrogen) atoms. The Morgan fingerprint density at radius 3 is 2.66 bits per heavy atom. The Morgan fingerprint density at radius 1 is 1.24 bits per heavy atom. The van der Waals surface area contributed by atoms with Crippen molar-refractivity contribution >= 4 is 22.6 Å². The van der Waals surface area contributed by atoms with Crippen LogP contribution in [0.3, 0.4) is 0 Å². The molecule has 0 bridgehead atoms.